The van der Waals surface area contributed by atoms with Crippen molar-refractivity contribution in [1.82, 2.24) is 9.97 Å². The van der Waals surface area contributed by atoms with Gasteiger partial charge in [0.05, 0.1) is 16.7 Å². The fraction of sp³-hybridized carbons (Fsp3) is 0.100. The second kappa shape index (κ2) is 7.96. The van der Waals surface area contributed by atoms with Crippen LogP contribution >= 0.6 is 23.2 Å². The number of nitrogens with one attached hydrogen (secondary N) is 2. The van der Waals surface area contributed by atoms with Gasteiger partial charge in [-0.2, -0.15) is 0 Å². The lowest BCUT2D eigenvalue weighted by molar-refractivity contribution is 0.282. The lowest BCUT2D eigenvalue weighted by Gasteiger charge is -2.01. The molecule has 4 rings (SSSR count). The molecule has 5 nitrogen and oxygen atoms in total. The smallest absolute Gasteiger partial charge is 0.255 e. The van der Waals surface area contributed by atoms with Crippen LogP contribution in [0.5, 0.6) is 0 Å². The first kappa shape index (κ1) is 19.2. The molecule has 0 aliphatic carbocycles. The van der Waals surface area contributed by atoms with Crippen molar-refractivity contribution >= 4 is 44.7 Å². The summed E-state index contributed by atoms with van der Waals surface area (Å²) in [5.74, 6) is 0. The quantitative estimate of drug-likeness (QED) is 0.446. The van der Waals surface area contributed by atoms with Crippen molar-refractivity contribution in [1.29, 1.82) is 0 Å². The summed E-state index contributed by atoms with van der Waals surface area (Å²) in [5, 5.41) is 12.6. The summed E-state index contributed by atoms with van der Waals surface area (Å²) < 4.78 is 0. The Hall–Kier alpha value is -2.60. The maximum atomic E-state index is 11.4. The van der Waals surface area contributed by atoms with E-state index in [9.17, 15) is 9.59 Å². The fourth-order valence-corrected chi connectivity index (χ4v) is 3.15. The largest absolute Gasteiger partial charge is 0.392 e. The van der Waals surface area contributed by atoms with Crippen LogP contribution in [0.2, 0.25) is 10.0 Å². The van der Waals surface area contributed by atoms with Gasteiger partial charge in [-0.1, -0.05) is 53.0 Å². The summed E-state index contributed by atoms with van der Waals surface area (Å²) in [5.41, 5.74) is 1.47. The Morgan fingerprint density at radius 1 is 0.815 bits per heavy atom. The SMILES string of the molecule is Cc1ccc2c(Cl)c[nH]c(=O)c2c1.O=c1[nH]cc(Cl)c2ccc(CO)cc12. The Morgan fingerprint density at radius 3 is 1.89 bits per heavy atom. The van der Waals surface area contributed by atoms with Crippen molar-refractivity contribution in [2.45, 2.75) is 13.5 Å². The standard InChI is InChI=1S/C10H8ClNO2.C10H8ClNO/c11-9-4-12-10(14)8-3-6(5-13)1-2-7(8)9;1-6-2-3-7-8(4-6)10(13)12-5-9(7)11/h1-4,13H,5H2,(H,12,14);2-5H,1H3,(H,12,13). The van der Waals surface area contributed by atoms with Gasteiger partial charge < -0.3 is 15.1 Å². The molecule has 0 atom stereocenters. The fourth-order valence-electron chi connectivity index (χ4n) is 2.71. The number of fused-ring (bicyclic) bond motifs is 2. The van der Waals surface area contributed by atoms with E-state index in [0.717, 1.165) is 10.9 Å². The third-order valence-electron chi connectivity index (χ3n) is 4.11. The van der Waals surface area contributed by atoms with Crippen LogP contribution in [0.15, 0.2) is 58.4 Å². The van der Waals surface area contributed by atoms with E-state index in [-0.39, 0.29) is 17.7 Å². The molecule has 0 amide bonds. The third-order valence-corrected chi connectivity index (χ3v) is 4.73. The first-order valence-electron chi connectivity index (χ1n) is 8.09. The zero-order valence-corrected chi connectivity index (χ0v) is 15.9. The van der Waals surface area contributed by atoms with Crippen LogP contribution in [0.4, 0.5) is 0 Å². The average Bonchev–Trinajstić information content (AvgIpc) is 2.68. The molecular formula is C20H16Cl2N2O3. The van der Waals surface area contributed by atoms with Crippen molar-refractivity contribution in [3.05, 3.63) is 90.7 Å². The molecule has 0 saturated heterocycles. The van der Waals surface area contributed by atoms with E-state index in [2.05, 4.69) is 9.97 Å². The summed E-state index contributed by atoms with van der Waals surface area (Å²) in [6.45, 7) is 1.86. The van der Waals surface area contributed by atoms with Crippen molar-refractivity contribution < 1.29 is 5.11 Å². The number of aromatic nitrogens is 2. The lowest BCUT2D eigenvalue weighted by atomic mass is 10.1. The topological polar surface area (TPSA) is 86.0 Å². The number of aryl methyl sites for hydroxylation is 1. The van der Waals surface area contributed by atoms with E-state index in [4.69, 9.17) is 28.3 Å². The number of hydrogen-bond acceptors (Lipinski definition) is 3. The molecule has 4 aromatic rings. The van der Waals surface area contributed by atoms with Crippen LogP contribution in [-0.2, 0) is 6.61 Å². The second-order valence-electron chi connectivity index (χ2n) is 6.02. The molecule has 0 aliphatic rings. The van der Waals surface area contributed by atoms with Gasteiger partial charge >= 0.3 is 0 Å². The zero-order valence-electron chi connectivity index (χ0n) is 14.3. The highest BCUT2D eigenvalue weighted by atomic mass is 35.5. The predicted molar refractivity (Wildman–Crippen MR) is 110 cm³/mol. The molecule has 2 aromatic heterocycles. The Morgan fingerprint density at radius 2 is 1.33 bits per heavy atom. The number of hydrogen-bond donors (Lipinski definition) is 3. The van der Waals surface area contributed by atoms with Gasteiger partial charge in [-0.15, -0.1) is 0 Å². The number of benzene rings is 2. The normalized spacial score (nSPS) is 10.7. The molecular weight excluding hydrogens is 387 g/mol. The zero-order chi connectivity index (χ0) is 19.6. The molecule has 2 aromatic carbocycles. The average molecular weight is 403 g/mol. The second-order valence-corrected chi connectivity index (χ2v) is 6.83. The van der Waals surface area contributed by atoms with Crippen LogP contribution < -0.4 is 11.1 Å². The number of pyridine rings is 2. The van der Waals surface area contributed by atoms with Gasteiger partial charge in [-0.05, 0) is 24.6 Å². The van der Waals surface area contributed by atoms with E-state index in [0.29, 0.717) is 31.8 Å². The minimum absolute atomic E-state index is 0.0815. The Bertz CT molecular complexity index is 1250. The first-order valence-corrected chi connectivity index (χ1v) is 8.84. The Labute approximate surface area is 164 Å². The molecule has 0 radical (unpaired) electrons. The summed E-state index contributed by atoms with van der Waals surface area (Å²) in [4.78, 5) is 27.9. The minimum atomic E-state index is -0.195. The Kier molecular flexibility index (Phi) is 5.65. The molecule has 0 spiro atoms. The first-order chi connectivity index (χ1) is 12.9. The number of halogens is 2. The van der Waals surface area contributed by atoms with Crippen LogP contribution in [-0.4, -0.2) is 15.1 Å². The predicted octanol–water partition coefficient (Wildman–Crippen LogP) is 4.16. The van der Waals surface area contributed by atoms with E-state index in [1.165, 1.54) is 12.4 Å². The highest BCUT2D eigenvalue weighted by Gasteiger charge is 2.03. The van der Waals surface area contributed by atoms with E-state index >= 15 is 0 Å². The van der Waals surface area contributed by atoms with E-state index < -0.39 is 0 Å². The number of aromatic amines is 2. The van der Waals surface area contributed by atoms with Crippen LogP contribution in [0, 0.1) is 6.92 Å². The molecule has 0 bridgehead atoms. The molecule has 0 aliphatic heterocycles. The molecule has 0 fully saturated rings. The number of aliphatic hydroxyl groups excluding tert-OH is 1. The summed E-state index contributed by atoms with van der Waals surface area (Å²) in [6.07, 6.45) is 2.98. The van der Waals surface area contributed by atoms with E-state index in [1.54, 1.807) is 18.2 Å². The molecule has 3 N–H and O–H groups in total. The molecule has 2 heterocycles. The van der Waals surface area contributed by atoms with E-state index in [1.807, 2.05) is 25.1 Å². The van der Waals surface area contributed by atoms with Crippen molar-refractivity contribution in [2.75, 3.05) is 0 Å². The van der Waals surface area contributed by atoms with Gasteiger partial charge in [0.15, 0.2) is 0 Å². The summed E-state index contributed by atoms with van der Waals surface area (Å²) in [6, 6.07) is 10.8. The molecule has 138 valence electrons. The van der Waals surface area contributed by atoms with Crippen molar-refractivity contribution in [3.8, 4) is 0 Å². The highest BCUT2D eigenvalue weighted by Crippen LogP contribution is 2.21. The minimum Gasteiger partial charge on any atom is -0.392 e. The van der Waals surface area contributed by atoms with Crippen LogP contribution in [0.1, 0.15) is 11.1 Å². The summed E-state index contributed by atoms with van der Waals surface area (Å²) in [7, 11) is 0. The van der Waals surface area contributed by atoms with Gasteiger partial charge in [0.2, 0.25) is 0 Å². The number of H-pyrrole nitrogens is 2. The highest BCUT2D eigenvalue weighted by molar-refractivity contribution is 6.35. The monoisotopic (exact) mass is 402 g/mol. The maximum Gasteiger partial charge on any atom is 0.255 e. The maximum absolute atomic E-state index is 11.4. The van der Waals surface area contributed by atoms with Gasteiger partial charge in [0.1, 0.15) is 0 Å². The van der Waals surface area contributed by atoms with Crippen LogP contribution in [0.25, 0.3) is 21.5 Å². The van der Waals surface area contributed by atoms with Gasteiger partial charge in [0, 0.05) is 33.9 Å². The number of rotatable bonds is 1. The lowest BCUT2D eigenvalue weighted by Crippen LogP contribution is -2.05. The van der Waals surface area contributed by atoms with Crippen molar-refractivity contribution in [2.24, 2.45) is 0 Å². The third kappa shape index (κ3) is 4.06. The van der Waals surface area contributed by atoms with Crippen LogP contribution in [0.3, 0.4) is 0 Å². The van der Waals surface area contributed by atoms with Gasteiger partial charge in [-0.25, -0.2) is 0 Å². The molecule has 0 unspecified atom stereocenters. The van der Waals surface area contributed by atoms with Crippen molar-refractivity contribution in [3.63, 3.8) is 0 Å². The molecule has 7 heteroatoms. The van der Waals surface area contributed by atoms with Gasteiger partial charge in [-0.3, -0.25) is 9.59 Å². The number of aliphatic hydroxyl groups is 1. The summed E-state index contributed by atoms with van der Waals surface area (Å²) >= 11 is 11.8. The molecule has 0 saturated carbocycles. The Balaban J connectivity index is 0.000000156. The molecule has 27 heavy (non-hydrogen) atoms. The van der Waals surface area contributed by atoms with Gasteiger partial charge in [0.25, 0.3) is 11.1 Å².